The molecule has 0 aromatic carbocycles. The maximum atomic E-state index is 11.7. The van der Waals surface area contributed by atoms with Crippen LogP contribution in [0.15, 0.2) is 0 Å². The van der Waals surface area contributed by atoms with E-state index in [4.69, 9.17) is 0 Å². The van der Waals surface area contributed by atoms with E-state index in [1.807, 2.05) is 0 Å². The highest BCUT2D eigenvalue weighted by atomic mass is 16.3. The molecular formula is C18H28O2. The first-order chi connectivity index (χ1) is 9.58. The van der Waals surface area contributed by atoms with Crippen molar-refractivity contribution in [1.82, 2.24) is 0 Å². The molecule has 0 heterocycles. The Kier molecular flexibility index (Phi) is 3.03. The number of fused-ring (bicyclic) bond motifs is 4. The number of carbonyl (C=O) groups is 1. The van der Waals surface area contributed by atoms with Gasteiger partial charge in [-0.15, -0.1) is 0 Å². The van der Waals surface area contributed by atoms with Crippen LogP contribution in [0, 0.1) is 35.0 Å². The Labute approximate surface area is 122 Å². The Balaban J connectivity index is 1.56. The third kappa shape index (κ3) is 1.83. The molecule has 20 heavy (non-hydrogen) atoms. The van der Waals surface area contributed by atoms with Gasteiger partial charge < -0.3 is 5.11 Å². The highest BCUT2D eigenvalue weighted by molar-refractivity contribution is 5.79. The fourth-order valence-corrected chi connectivity index (χ4v) is 6.48. The minimum atomic E-state index is -0.0564. The van der Waals surface area contributed by atoms with Gasteiger partial charge in [0, 0.05) is 12.8 Å². The quantitative estimate of drug-likeness (QED) is 0.734. The molecule has 4 rings (SSSR count). The van der Waals surface area contributed by atoms with Gasteiger partial charge in [-0.05, 0) is 80.0 Å². The summed E-state index contributed by atoms with van der Waals surface area (Å²) in [5.74, 6) is 4.49. The fraction of sp³-hybridized carbons (Fsp3) is 0.944. The molecule has 4 aliphatic rings. The van der Waals surface area contributed by atoms with Crippen molar-refractivity contribution in [1.29, 1.82) is 0 Å². The smallest absolute Gasteiger partial charge is 0.133 e. The van der Waals surface area contributed by atoms with E-state index in [-0.39, 0.29) is 11.5 Å². The first-order valence-electron chi connectivity index (χ1n) is 8.77. The van der Waals surface area contributed by atoms with Crippen LogP contribution in [0.1, 0.15) is 64.7 Å². The summed E-state index contributed by atoms with van der Waals surface area (Å²) in [6.07, 6.45) is 10.3. The molecule has 0 spiro atoms. The van der Waals surface area contributed by atoms with Crippen LogP contribution < -0.4 is 0 Å². The Hall–Kier alpha value is -0.370. The summed E-state index contributed by atoms with van der Waals surface area (Å²) in [6.45, 7) is 2.35. The molecular weight excluding hydrogens is 248 g/mol. The Morgan fingerprint density at radius 3 is 2.70 bits per heavy atom. The SMILES string of the molecule is C[C@@]12C[C@@H]3CC[C@@H]4CC(=O)CC[C@@H]4[C@H]3C[C@H]1CC[C@H]2O. The van der Waals surface area contributed by atoms with Crippen molar-refractivity contribution in [3.05, 3.63) is 0 Å². The van der Waals surface area contributed by atoms with Gasteiger partial charge in [-0.25, -0.2) is 0 Å². The number of carbonyl (C=O) groups excluding carboxylic acids is 1. The summed E-state index contributed by atoms with van der Waals surface area (Å²) in [5.41, 5.74) is 0.207. The van der Waals surface area contributed by atoms with Crippen LogP contribution in [0.5, 0.6) is 0 Å². The van der Waals surface area contributed by atoms with Gasteiger partial charge in [0.2, 0.25) is 0 Å². The van der Waals surface area contributed by atoms with Crippen LogP contribution in [0.3, 0.4) is 0 Å². The Morgan fingerprint density at radius 2 is 1.85 bits per heavy atom. The monoisotopic (exact) mass is 276 g/mol. The molecule has 112 valence electrons. The van der Waals surface area contributed by atoms with Crippen molar-refractivity contribution in [3.8, 4) is 0 Å². The molecule has 0 unspecified atom stereocenters. The second-order valence-corrected chi connectivity index (χ2v) is 8.44. The molecule has 7 atom stereocenters. The molecule has 4 aliphatic carbocycles. The van der Waals surface area contributed by atoms with E-state index in [0.29, 0.717) is 11.7 Å². The lowest BCUT2D eigenvalue weighted by atomic mass is 9.51. The zero-order valence-electron chi connectivity index (χ0n) is 12.7. The van der Waals surface area contributed by atoms with Crippen LogP contribution >= 0.6 is 0 Å². The molecule has 0 aromatic heterocycles. The molecule has 0 saturated heterocycles. The molecule has 1 N–H and O–H groups in total. The second kappa shape index (κ2) is 4.56. The minimum absolute atomic E-state index is 0.0564. The molecule has 0 bridgehead atoms. The van der Waals surface area contributed by atoms with Crippen molar-refractivity contribution >= 4 is 5.78 Å². The van der Waals surface area contributed by atoms with Crippen LogP contribution in [0.4, 0.5) is 0 Å². The summed E-state index contributed by atoms with van der Waals surface area (Å²) < 4.78 is 0. The maximum absolute atomic E-state index is 11.7. The van der Waals surface area contributed by atoms with Crippen molar-refractivity contribution < 1.29 is 9.90 Å². The molecule has 4 saturated carbocycles. The lowest BCUT2D eigenvalue weighted by Gasteiger charge is -2.54. The van der Waals surface area contributed by atoms with Crippen molar-refractivity contribution in [2.75, 3.05) is 0 Å². The van der Waals surface area contributed by atoms with Crippen LogP contribution in [0.25, 0.3) is 0 Å². The lowest BCUT2D eigenvalue weighted by Crippen LogP contribution is -2.48. The van der Waals surface area contributed by atoms with Crippen LogP contribution in [-0.4, -0.2) is 17.0 Å². The van der Waals surface area contributed by atoms with Gasteiger partial charge in [-0.1, -0.05) is 6.92 Å². The Morgan fingerprint density at radius 1 is 1.05 bits per heavy atom. The van der Waals surface area contributed by atoms with Crippen LogP contribution in [0.2, 0.25) is 0 Å². The Bertz CT molecular complexity index is 418. The summed E-state index contributed by atoms with van der Waals surface area (Å²) in [7, 11) is 0. The third-order valence-corrected chi connectivity index (χ3v) is 7.66. The van der Waals surface area contributed by atoms with Crippen molar-refractivity contribution in [2.45, 2.75) is 70.8 Å². The van der Waals surface area contributed by atoms with E-state index in [2.05, 4.69) is 6.92 Å². The van der Waals surface area contributed by atoms with Crippen molar-refractivity contribution in [3.63, 3.8) is 0 Å². The van der Waals surface area contributed by atoms with Gasteiger partial charge in [-0.3, -0.25) is 4.79 Å². The summed E-state index contributed by atoms with van der Waals surface area (Å²) in [5, 5.41) is 10.4. The van der Waals surface area contributed by atoms with E-state index in [9.17, 15) is 9.90 Å². The predicted octanol–water partition coefficient (Wildman–Crippen LogP) is 3.57. The maximum Gasteiger partial charge on any atom is 0.133 e. The number of rotatable bonds is 0. The highest BCUT2D eigenvalue weighted by Crippen LogP contribution is 2.61. The topological polar surface area (TPSA) is 37.3 Å². The van der Waals surface area contributed by atoms with E-state index in [1.165, 1.54) is 32.1 Å². The number of aliphatic hydroxyl groups is 1. The molecule has 0 aromatic rings. The lowest BCUT2D eigenvalue weighted by molar-refractivity contribution is -0.127. The molecule has 0 aliphatic heterocycles. The number of ketones is 1. The number of Topliss-reactive ketones (excluding diaryl/α,β-unsaturated/α-hetero) is 1. The van der Waals surface area contributed by atoms with E-state index in [1.54, 1.807) is 0 Å². The van der Waals surface area contributed by atoms with E-state index >= 15 is 0 Å². The average molecular weight is 276 g/mol. The third-order valence-electron chi connectivity index (χ3n) is 7.66. The molecule has 2 heteroatoms. The van der Waals surface area contributed by atoms with Gasteiger partial charge in [0.05, 0.1) is 6.10 Å². The molecule has 0 radical (unpaired) electrons. The number of hydrogen-bond acceptors (Lipinski definition) is 2. The highest BCUT2D eigenvalue weighted by Gasteiger charge is 2.55. The first-order valence-corrected chi connectivity index (χ1v) is 8.77. The van der Waals surface area contributed by atoms with Crippen molar-refractivity contribution in [2.24, 2.45) is 35.0 Å². The van der Waals surface area contributed by atoms with Gasteiger partial charge in [0.15, 0.2) is 0 Å². The minimum Gasteiger partial charge on any atom is -0.393 e. The summed E-state index contributed by atoms with van der Waals surface area (Å²) >= 11 is 0. The molecule has 0 amide bonds. The van der Waals surface area contributed by atoms with Gasteiger partial charge >= 0.3 is 0 Å². The van der Waals surface area contributed by atoms with Gasteiger partial charge in [0.1, 0.15) is 5.78 Å². The molecule has 2 nitrogen and oxygen atoms in total. The summed E-state index contributed by atoms with van der Waals surface area (Å²) in [4.78, 5) is 11.7. The average Bonchev–Trinajstić information content (AvgIpc) is 2.71. The zero-order valence-corrected chi connectivity index (χ0v) is 12.7. The largest absolute Gasteiger partial charge is 0.393 e. The predicted molar refractivity (Wildman–Crippen MR) is 78.1 cm³/mol. The van der Waals surface area contributed by atoms with E-state index in [0.717, 1.165) is 49.4 Å². The number of aliphatic hydroxyl groups excluding tert-OH is 1. The first kappa shape index (κ1) is 13.3. The normalized spacial score (nSPS) is 55.0. The van der Waals surface area contributed by atoms with Gasteiger partial charge in [0.25, 0.3) is 0 Å². The van der Waals surface area contributed by atoms with E-state index < -0.39 is 0 Å². The van der Waals surface area contributed by atoms with Gasteiger partial charge in [-0.2, -0.15) is 0 Å². The fourth-order valence-electron chi connectivity index (χ4n) is 6.48. The molecule has 4 fully saturated rings. The summed E-state index contributed by atoms with van der Waals surface area (Å²) in [6, 6.07) is 0. The van der Waals surface area contributed by atoms with Crippen LogP contribution in [-0.2, 0) is 4.79 Å². The zero-order chi connectivity index (χ0) is 13.9. The standard InChI is InChI=1S/C18H28O2/c1-18-10-12-3-2-11-8-14(19)5-6-15(11)16(12)9-13(18)4-7-17(18)20/h11-13,15-17,20H,2-10H2,1H3/t11-,12+,13-,15+,16+,17-,18-/m1/s1. The number of hydrogen-bond donors (Lipinski definition) is 1. The second-order valence-electron chi connectivity index (χ2n) is 8.44.